The summed E-state index contributed by atoms with van der Waals surface area (Å²) in [5, 5.41) is 11.4. The number of carbonyl (C=O) groups excluding carboxylic acids is 1. The lowest BCUT2D eigenvalue weighted by atomic mass is 9.73. The van der Waals surface area contributed by atoms with Gasteiger partial charge in [0.05, 0.1) is 17.6 Å². The van der Waals surface area contributed by atoms with Gasteiger partial charge >= 0.3 is 0 Å². The number of nitrogens with zero attached hydrogens (tertiary/aromatic N) is 3. The van der Waals surface area contributed by atoms with Crippen LogP contribution in [0.15, 0.2) is 60.7 Å². The summed E-state index contributed by atoms with van der Waals surface area (Å²) in [5.41, 5.74) is 0.960. The van der Waals surface area contributed by atoms with Crippen LogP contribution in [0.4, 0.5) is 5.69 Å². The molecule has 0 unspecified atom stereocenters. The molecule has 1 N–H and O–H groups in total. The number of hydrogen-bond donors (Lipinski definition) is 1. The quantitative estimate of drug-likeness (QED) is 0.760. The average Bonchev–Trinajstić information content (AvgIpc) is 3.27. The molecule has 2 aromatic carbocycles. The Hall–Kier alpha value is -2.41. The van der Waals surface area contributed by atoms with E-state index in [0.717, 1.165) is 31.7 Å². The number of ether oxygens (including phenoxy) is 1. The van der Waals surface area contributed by atoms with Crippen molar-refractivity contribution >= 4 is 11.6 Å². The zero-order valence-corrected chi connectivity index (χ0v) is 19.4. The molecule has 33 heavy (non-hydrogen) atoms. The molecule has 3 aliphatic heterocycles. The molecule has 0 saturated carbocycles. The van der Waals surface area contributed by atoms with Crippen LogP contribution in [-0.4, -0.2) is 85.4 Å². The maximum atomic E-state index is 13.8. The minimum absolute atomic E-state index is 0.154. The van der Waals surface area contributed by atoms with Crippen LogP contribution in [0.5, 0.6) is 0 Å². The van der Waals surface area contributed by atoms with Gasteiger partial charge in [-0.1, -0.05) is 48.5 Å². The standard InChI is InChI=1S/C27H35N3O3/c31-25(27(12-19-33-20-13-27)23-7-3-1-4-8-23)30-14-11-26(32,22-30)21-28-15-17-29(18-16-28)24-9-5-2-6-10-24/h1-10,32H,11-22H2/t26-/m0/s1. The molecule has 176 valence electrons. The van der Waals surface area contributed by atoms with E-state index in [1.165, 1.54) is 5.69 Å². The largest absolute Gasteiger partial charge is 0.387 e. The second kappa shape index (κ2) is 9.45. The fraction of sp³-hybridized carbons (Fsp3) is 0.519. The highest BCUT2D eigenvalue weighted by Crippen LogP contribution is 2.38. The molecule has 0 spiro atoms. The summed E-state index contributed by atoms with van der Waals surface area (Å²) >= 11 is 0. The van der Waals surface area contributed by atoms with Gasteiger partial charge in [-0.3, -0.25) is 9.69 Å². The fourth-order valence-electron chi connectivity index (χ4n) is 5.78. The molecular weight excluding hydrogens is 414 g/mol. The SMILES string of the molecule is O=C(N1CC[C@](O)(CN2CCN(c3ccccc3)CC2)C1)C1(c2ccccc2)CCOCC1. The highest BCUT2D eigenvalue weighted by Gasteiger charge is 2.48. The van der Waals surface area contributed by atoms with Gasteiger partial charge in [-0.2, -0.15) is 0 Å². The number of hydrogen-bond acceptors (Lipinski definition) is 5. The van der Waals surface area contributed by atoms with E-state index in [1.54, 1.807) is 0 Å². The van der Waals surface area contributed by atoms with E-state index in [-0.39, 0.29) is 5.91 Å². The van der Waals surface area contributed by atoms with Crippen molar-refractivity contribution in [2.24, 2.45) is 0 Å². The summed E-state index contributed by atoms with van der Waals surface area (Å²) in [5.74, 6) is 0.154. The maximum Gasteiger partial charge on any atom is 0.233 e. The van der Waals surface area contributed by atoms with Crippen LogP contribution in [-0.2, 0) is 14.9 Å². The number of anilines is 1. The number of carbonyl (C=O) groups is 1. The first-order valence-corrected chi connectivity index (χ1v) is 12.3. The molecular formula is C27H35N3O3. The van der Waals surface area contributed by atoms with E-state index >= 15 is 0 Å². The van der Waals surface area contributed by atoms with Crippen LogP contribution in [0.2, 0.25) is 0 Å². The van der Waals surface area contributed by atoms with Gasteiger partial charge in [-0.05, 0) is 37.0 Å². The third kappa shape index (κ3) is 4.65. The van der Waals surface area contributed by atoms with Crippen LogP contribution < -0.4 is 4.90 Å². The summed E-state index contributed by atoms with van der Waals surface area (Å²) in [6, 6.07) is 20.7. The molecule has 0 aromatic heterocycles. The van der Waals surface area contributed by atoms with Gasteiger partial charge in [0.15, 0.2) is 0 Å². The fourth-order valence-corrected chi connectivity index (χ4v) is 5.78. The topological polar surface area (TPSA) is 56.3 Å². The first kappa shape index (κ1) is 22.4. The number of aliphatic hydroxyl groups is 1. The molecule has 0 aliphatic carbocycles. The molecule has 5 rings (SSSR count). The summed E-state index contributed by atoms with van der Waals surface area (Å²) in [4.78, 5) is 20.5. The number of benzene rings is 2. The van der Waals surface area contributed by atoms with Crippen molar-refractivity contribution in [3.8, 4) is 0 Å². The molecule has 0 bridgehead atoms. The van der Waals surface area contributed by atoms with Crippen molar-refractivity contribution < 1.29 is 14.6 Å². The van der Waals surface area contributed by atoms with Crippen molar-refractivity contribution in [1.29, 1.82) is 0 Å². The summed E-state index contributed by atoms with van der Waals surface area (Å²) in [6.45, 7) is 6.64. The number of rotatable bonds is 5. The van der Waals surface area contributed by atoms with Crippen LogP contribution in [0.3, 0.4) is 0 Å². The van der Waals surface area contributed by atoms with Gasteiger partial charge in [-0.15, -0.1) is 0 Å². The Morgan fingerprint density at radius 2 is 1.48 bits per heavy atom. The van der Waals surface area contributed by atoms with E-state index in [2.05, 4.69) is 46.2 Å². The van der Waals surface area contributed by atoms with E-state index in [9.17, 15) is 9.90 Å². The Balaban J connectivity index is 1.22. The number of piperazine rings is 1. The molecule has 0 radical (unpaired) electrons. The molecule has 6 nitrogen and oxygen atoms in total. The predicted molar refractivity (Wildman–Crippen MR) is 129 cm³/mol. The lowest BCUT2D eigenvalue weighted by molar-refractivity contribution is -0.141. The van der Waals surface area contributed by atoms with Crippen molar-refractivity contribution in [2.75, 3.05) is 63.9 Å². The van der Waals surface area contributed by atoms with Gasteiger partial charge in [0, 0.05) is 58.2 Å². The van der Waals surface area contributed by atoms with Crippen LogP contribution in [0.25, 0.3) is 0 Å². The first-order chi connectivity index (χ1) is 16.1. The summed E-state index contributed by atoms with van der Waals surface area (Å²) in [7, 11) is 0. The van der Waals surface area contributed by atoms with E-state index < -0.39 is 11.0 Å². The average molecular weight is 450 g/mol. The third-order valence-corrected chi connectivity index (χ3v) is 7.71. The van der Waals surface area contributed by atoms with Crippen LogP contribution in [0, 0.1) is 0 Å². The molecule has 3 fully saturated rings. The predicted octanol–water partition coefficient (Wildman–Crippen LogP) is 2.52. The number of amides is 1. The second-order valence-corrected chi connectivity index (χ2v) is 9.86. The Kier molecular flexibility index (Phi) is 6.41. The van der Waals surface area contributed by atoms with Crippen molar-refractivity contribution in [2.45, 2.75) is 30.3 Å². The first-order valence-electron chi connectivity index (χ1n) is 12.3. The van der Waals surface area contributed by atoms with Gasteiger partial charge in [0.1, 0.15) is 0 Å². The molecule has 2 aromatic rings. The van der Waals surface area contributed by atoms with Gasteiger partial charge in [0.25, 0.3) is 0 Å². The third-order valence-electron chi connectivity index (χ3n) is 7.71. The van der Waals surface area contributed by atoms with Crippen molar-refractivity contribution in [3.05, 3.63) is 66.2 Å². The number of β-amino-alcohol motifs (C(OH)–C–C–N with tert-alkyl or cyclic N) is 1. The normalized spacial score (nSPS) is 25.8. The summed E-state index contributed by atoms with van der Waals surface area (Å²) < 4.78 is 5.61. The van der Waals surface area contributed by atoms with Gasteiger partial charge in [-0.25, -0.2) is 0 Å². The Morgan fingerprint density at radius 3 is 2.15 bits per heavy atom. The zero-order valence-electron chi connectivity index (χ0n) is 19.4. The van der Waals surface area contributed by atoms with Crippen LogP contribution in [0.1, 0.15) is 24.8 Å². The molecule has 3 saturated heterocycles. The Labute approximate surface area is 196 Å². The Morgan fingerprint density at radius 1 is 0.848 bits per heavy atom. The van der Waals surface area contributed by atoms with E-state index in [0.29, 0.717) is 52.1 Å². The van der Waals surface area contributed by atoms with E-state index in [4.69, 9.17) is 4.74 Å². The number of likely N-dealkylation sites (tertiary alicyclic amines) is 1. The molecule has 6 heteroatoms. The lowest BCUT2D eigenvalue weighted by Gasteiger charge is -2.40. The monoisotopic (exact) mass is 449 g/mol. The van der Waals surface area contributed by atoms with Crippen LogP contribution >= 0.6 is 0 Å². The van der Waals surface area contributed by atoms with Crippen molar-refractivity contribution in [3.63, 3.8) is 0 Å². The molecule has 3 heterocycles. The maximum absolute atomic E-state index is 13.8. The smallest absolute Gasteiger partial charge is 0.233 e. The van der Waals surface area contributed by atoms with Crippen molar-refractivity contribution in [1.82, 2.24) is 9.80 Å². The minimum Gasteiger partial charge on any atom is -0.387 e. The second-order valence-electron chi connectivity index (χ2n) is 9.86. The van der Waals surface area contributed by atoms with Gasteiger partial charge in [0.2, 0.25) is 5.91 Å². The van der Waals surface area contributed by atoms with E-state index in [1.807, 2.05) is 29.2 Å². The van der Waals surface area contributed by atoms with Gasteiger partial charge < -0.3 is 19.6 Å². The lowest BCUT2D eigenvalue weighted by Crippen LogP contribution is -2.54. The Bertz CT molecular complexity index is 924. The molecule has 3 aliphatic rings. The highest BCUT2D eigenvalue weighted by molar-refractivity contribution is 5.88. The molecule has 1 amide bonds. The molecule has 1 atom stereocenters. The highest BCUT2D eigenvalue weighted by atomic mass is 16.5. The zero-order chi connectivity index (χ0) is 22.7. The minimum atomic E-state index is -0.840. The summed E-state index contributed by atoms with van der Waals surface area (Å²) in [6.07, 6.45) is 2.04. The number of para-hydroxylation sites is 1.